The molecule has 1 aromatic rings. The minimum absolute atomic E-state index is 0.158. The topological polar surface area (TPSA) is 41.6 Å². The van der Waals surface area contributed by atoms with E-state index in [1.165, 1.54) is 0 Å². The summed E-state index contributed by atoms with van der Waals surface area (Å²) in [6.45, 7) is 2.66. The molecule has 0 aliphatic carbocycles. The number of nitrogens with zero attached hydrogens (tertiary/aromatic N) is 1. The molecule has 2 heterocycles. The number of benzene rings is 1. The van der Waals surface area contributed by atoms with Gasteiger partial charge >= 0.3 is 0 Å². The molecule has 2 aliphatic rings. The Labute approximate surface area is 120 Å². The van der Waals surface area contributed by atoms with Gasteiger partial charge in [0.25, 0.3) is 0 Å². The maximum Gasteiger partial charge on any atom is 0.227 e. The van der Waals surface area contributed by atoms with Gasteiger partial charge in [-0.2, -0.15) is 0 Å². The summed E-state index contributed by atoms with van der Waals surface area (Å²) in [5.41, 5.74) is 1.15. The number of methoxy groups -OCH3 is 1. The van der Waals surface area contributed by atoms with Crippen LogP contribution in [0, 0.1) is 5.92 Å². The van der Waals surface area contributed by atoms with Crippen molar-refractivity contribution in [2.24, 2.45) is 5.92 Å². The predicted molar refractivity (Wildman–Crippen MR) is 77.7 cm³/mol. The monoisotopic (exact) mass is 274 g/mol. The highest BCUT2D eigenvalue weighted by Crippen LogP contribution is 2.37. The Morgan fingerprint density at radius 2 is 2.20 bits per heavy atom. The van der Waals surface area contributed by atoms with Crippen molar-refractivity contribution in [1.29, 1.82) is 0 Å². The molecule has 2 aliphatic heterocycles. The number of nitrogens with one attached hydrogen (secondary N) is 1. The van der Waals surface area contributed by atoms with Gasteiger partial charge in [0, 0.05) is 18.7 Å². The Balaban J connectivity index is 1.83. The van der Waals surface area contributed by atoms with Gasteiger partial charge in [0.15, 0.2) is 0 Å². The summed E-state index contributed by atoms with van der Waals surface area (Å²) in [6.07, 6.45) is 3.08. The van der Waals surface area contributed by atoms with Crippen molar-refractivity contribution in [3.8, 4) is 5.75 Å². The fourth-order valence-corrected chi connectivity index (χ4v) is 3.40. The first-order valence-corrected chi connectivity index (χ1v) is 7.45. The fraction of sp³-hybridized carbons (Fsp3) is 0.562. The van der Waals surface area contributed by atoms with Crippen LogP contribution in [0.25, 0.3) is 0 Å². The van der Waals surface area contributed by atoms with Crippen molar-refractivity contribution in [3.05, 3.63) is 29.8 Å². The lowest BCUT2D eigenvalue weighted by molar-refractivity contribution is -0.135. The normalized spacial score (nSPS) is 25.9. The van der Waals surface area contributed by atoms with Crippen molar-refractivity contribution >= 4 is 5.91 Å². The van der Waals surface area contributed by atoms with Crippen LogP contribution in [0.2, 0.25) is 0 Å². The summed E-state index contributed by atoms with van der Waals surface area (Å²) in [5.74, 6) is 1.36. The van der Waals surface area contributed by atoms with Gasteiger partial charge in [-0.1, -0.05) is 18.2 Å². The molecule has 4 nitrogen and oxygen atoms in total. The Bertz CT molecular complexity index is 483. The second kappa shape index (κ2) is 5.83. The van der Waals surface area contributed by atoms with Crippen molar-refractivity contribution in [1.82, 2.24) is 10.2 Å². The van der Waals surface area contributed by atoms with Gasteiger partial charge in [-0.25, -0.2) is 0 Å². The summed E-state index contributed by atoms with van der Waals surface area (Å²) in [5, 5.41) is 3.28. The molecule has 2 fully saturated rings. The number of hydrogen-bond acceptors (Lipinski definition) is 3. The molecule has 0 bridgehead atoms. The van der Waals surface area contributed by atoms with Crippen LogP contribution in [0.1, 0.15) is 30.9 Å². The van der Waals surface area contributed by atoms with E-state index in [0.29, 0.717) is 5.91 Å². The minimum atomic E-state index is 0.158. The number of ether oxygens (including phenoxy) is 1. The van der Waals surface area contributed by atoms with E-state index < -0.39 is 0 Å². The van der Waals surface area contributed by atoms with Crippen molar-refractivity contribution < 1.29 is 9.53 Å². The first-order chi connectivity index (χ1) is 9.81. The van der Waals surface area contributed by atoms with E-state index in [1.54, 1.807) is 7.11 Å². The van der Waals surface area contributed by atoms with Crippen LogP contribution < -0.4 is 10.1 Å². The average molecular weight is 274 g/mol. The summed E-state index contributed by atoms with van der Waals surface area (Å²) < 4.78 is 5.46. The largest absolute Gasteiger partial charge is 0.496 e. The highest BCUT2D eigenvalue weighted by atomic mass is 16.5. The molecule has 0 saturated carbocycles. The number of para-hydroxylation sites is 1. The van der Waals surface area contributed by atoms with Gasteiger partial charge in [-0.05, 0) is 31.9 Å². The van der Waals surface area contributed by atoms with Crippen LogP contribution in [0.5, 0.6) is 5.75 Å². The van der Waals surface area contributed by atoms with Gasteiger partial charge in [0.05, 0.1) is 19.1 Å². The predicted octanol–water partition coefficient (Wildman–Crippen LogP) is 1.97. The third-order valence-corrected chi connectivity index (χ3v) is 4.44. The van der Waals surface area contributed by atoms with Crippen LogP contribution in [-0.2, 0) is 4.79 Å². The van der Waals surface area contributed by atoms with Gasteiger partial charge in [-0.3, -0.25) is 4.79 Å². The molecular weight excluding hydrogens is 252 g/mol. The Morgan fingerprint density at radius 1 is 1.35 bits per heavy atom. The third kappa shape index (κ3) is 2.40. The van der Waals surface area contributed by atoms with E-state index in [9.17, 15) is 4.79 Å². The van der Waals surface area contributed by atoms with Crippen molar-refractivity contribution in [2.75, 3.05) is 26.7 Å². The number of amides is 1. The standard InChI is InChI=1S/C16H22N2O2/c1-20-15-7-3-2-5-13(15)14-6-4-10-18(14)16(19)12-8-9-17-11-12/h2-3,5,7,12,14,17H,4,6,8-11H2,1H3. The molecule has 1 amide bonds. The highest BCUT2D eigenvalue weighted by molar-refractivity contribution is 5.80. The van der Waals surface area contributed by atoms with E-state index >= 15 is 0 Å². The quantitative estimate of drug-likeness (QED) is 0.916. The Hall–Kier alpha value is -1.55. The summed E-state index contributed by atoms with van der Waals surface area (Å²) in [4.78, 5) is 14.7. The van der Waals surface area contributed by atoms with E-state index in [4.69, 9.17) is 4.74 Å². The number of carbonyl (C=O) groups is 1. The fourth-order valence-electron chi connectivity index (χ4n) is 3.40. The van der Waals surface area contributed by atoms with Crippen LogP contribution in [-0.4, -0.2) is 37.6 Å². The molecule has 1 aromatic carbocycles. The zero-order chi connectivity index (χ0) is 13.9. The zero-order valence-electron chi connectivity index (χ0n) is 12.0. The first kappa shape index (κ1) is 13.4. The van der Waals surface area contributed by atoms with Crippen molar-refractivity contribution in [3.63, 3.8) is 0 Å². The summed E-state index contributed by atoms with van der Waals surface area (Å²) >= 11 is 0. The molecule has 2 unspecified atom stereocenters. The molecular formula is C16H22N2O2. The van der Waals surface area contributed by atoms with Gasteiger partial charge < -0.3 is 15.0 Å². The number of rotatable bonds is 3. The van der Waals surface area contributed by atoms with Gasteiger partial charge in [0.1, 0.15) is 5.75 Å². The second-order valence-corrected chi connectivity index (χ2v) is 5.62. The lowest BCUT2D eigenvalue weighted by atomic mass is 10.0. The van der Waals surface area contributed by atoms with Crippen LogP contribution in [0.3, 0.4) is 0 Å². The average Bonchev–Trinajstić information content (AvgIpc) is 3.17. The SMILES string of the molecule is COc1ccccc1C1CCCN1C(=O)C1CCNC1. The zero-order valence-corrected chi connectivity index (χ0v) is 12.0. The summed E-state index contributed by atoms with van der Waals surface area (Å²) in [6, 6.07) is 8.25. The molecule has 108 valence electrons. The maximum absolute atomic E-state index is 12.7. The Kier molecular flexibility index (Phi) is 3.92. The molecule has 1 N–H and O–H groups in total. The molecule has 3 rings (SSSR count). The molecule has 2 saturated heterocycles. The van der Waals surface area contributed by atoms with Gasteiger partial charge in [-0.15, -0.1) is 0 Å². The molecule has 0 spiro atoms. The smallest absolute Gasteiger partial charge is 0.227 e. The number of hydrogen-bond donors (Lipinski definition) is 1. The molecule has 0 radical (unpaired) electrons. The summed E-state index contributed by atoms with van der Waals surface area (Å²) in [7, 11) is 1.70. The van der Waals surface area contributed by atoms with Crippen LogP contribution in [0.15, 0.2) is 24.3 Å². The van der Waals surface area contributed by atoms with Crippen LogP contribution >= 0.6 is 0 Å². The molecule has 4 heteroatoms. The maximum atomic E-state index is 12.7. The lowest BCUT2D eigenvalue weighted by Gasteiger charge is -2.28. The third-order valence-electron chi connectivity index (χ3n) is 4.44. The van der Waals surface area contributed by atoms with Crippen LogP contribution in [0.4, 0.5) is 0 Å². The Morgan fingerprint density at radius 3 is 2.95 bits per heavy atom. The van der Waals surface area contributed by atoms with E-state index in [1.807, 2.05) is 18.2 Å². The minimum Gasteiger partial charge on any atom is -0.496 e. The molecule has 0 aromatic heterocycles. The number of carbonyl (C=O) groups excluding carboxylic acids is 1. The van der Waals surface area contributed by atoms with E-state index in [2.05, 4.69) is 16.3 Å². The van der Waals surface area contributed by atoms with Gasteiger partial charge in [0.2, 0.25) is 5.91 Å². The van der Waals surface area contributed by atoms with Crippen molar-refractivity contribution in [2.45, 2.75) is 25.3 Å². The molecule has 2 atom stereocenters. The first-order valence-electron chi connectivity index (χ1n) is 7.45. The molecule has 20 heavy (non-hydrogen) atoms. The number of likely N-dealkylation sites (tertiary alicyclic amines) is 1. The lowest BCUT2D eigenvalue weighted by Crippen LogP contribution is -2.36. The van der Waals surface area contributed by atoms with E-state index in [-0.39, 0.29) is 12.0 Å². The highest BCUT2D eigenvalue weighted by Gasteiger charge is 2.35. The van der Waals surface area contributed by atoms with E-state index in [0.717, 1.165) is 50.2 Å². The second-order valence-electron chi connectivity index (χ2n) is 5.62.